The zero-order valence-corrected chi connectivity index (χ0v) is 21.4. The van der Waals surface area contributed by atoms with Crippen LogP contribution in [0.15, 0.2) is 36.5 Å². The van der Waals surface area contributed by atoms with E-state index < -0.39 is 0 Å². The second-order valence-electron chi connectivity index (χ2n) is 10.3. The number of likely N-dealkylation sites (tertiary alicyclic amines) is 1. The number of pyridine rings is 1. The van der Waals surface area contributed by atoms with Gasteiger partial charge in [0.25, 0.3) is 5.91 Å². The summed E-state index contributed by atoms with van der Waals surface area (Å²) in [5.41, 5.74) is 4.58. The molecule has 2 fully saturated rings. The third kappa shape index (κ3) is 6.64. The predicted molar refractivity (Wildman–Crippen MR) is 138 cm³/mol. The van der Waals surface area contributed by atoms with Gasteiger partial charge in [0.05, 0.1) is 18.4 Å². The first-order chi connectivity index (χ1) is 17.7. The Balaban J connectivity index is 1.09. The van der Waals surface area contributed by atoms with Crippen molar-refractivity contribution in [3.8, 4) is 5.75 Å². The fourth-order valence-corrected chi connectivity index (χ4v) is 5.58. The number of benzene rings is 1. The number of amides is 1. The molecule has 1 N–H and O–H groups in total. The molecule has 0 unspecified atom stereocenters. The summed E-state index contributed by atoms with van der Waals surface area (Å²) in [6.45, 7) is 7.44. The maximum Gasteiger partial charge on any atom is 0.270 e. The van der Waals surface area contributed by atoms with E-state index in [1.807, 2.05) is 6.07 Å². The number of rotatable bonds is 9. The lowest BCUT2D eigenvalue weighted by atomic mass is 9.87. The average molecular weight is 494 g/mol. The molecule has 1 aromatic carbocycles. The molecule has 7 heteroatoms. The van der Waals surface area contributed by atoms with Crippen LogP contribution >= 0.6 is 0 Å². The number of aromatic nitrogens is 1. The molecule has 0 bridgehead atoms. The molecule has 3 aliphatic rings. The van der Waals surface area contributed by atoms with Crippen molar-refractivity contribution in [2.24, 2.45) is 0 Å². The summed E-state index contributed by atoms with van der Waals surface area (Å²) in [6, 6.07) is 10.6. The summed E-state index contributed by atoms with van der Waals surface area (Å²) in [6.07, 6.45) is 9.40. The number of hydrogen-bond donors (Lipinski definition) is 1. The molecule has 7 nitrogen and oxygen atoms in total. The van der Waals surface area contributed by atoms with Crippen LogP contribution in [0.1, 0.15) is 66.2 Å². The zero-order chi connectivity index (χ0) is 24.7. The SMILES string of the molecule is CCOC1CCN(Cc2ccc3c(c2)CC[C@H](NC(=O)c2ccc(OC[C@@H]4CCCO4)cn2)C3)CC1. The second-order valence-corrected chi connectivity index (χ2v) is 10.3. The normalized spacial score (nSPS) is 22.8. The number of ether oxygens (including phenoxy) is 3. The van der Waals surface area contributed by atoms with Crippen molar-refractivity contribution in [3.63, 3.8) is 0 Å². The highest BCUT2D eigenvalue weighted by molar-refractivity contribution is 5.92. The molecule has 5 rings (SSSR count). The predicted octanol–water partition coefficient (Wildman–Crippen LogP) is 3.93. The zero-order valence-electron chi connectivity index (χ0n) is 21.4. The Hall–Kier alpha value is -2.48. The molecule has 1 aromatic heterocycles. The molecule has 1 aliphatic carbocycles. The first kappa shape index (κ1) is 25.2. The topological polar surface area (TPSA) is 72.9 Å². The van der Waals surface area contributed by atoms with Crippen LogP contribution in [0.25, 0.3) is 0 Å². The lowest BCUT2D eigenvalue weighted by Crippen LogP contribution is -2.39. The number of carbonyl (C=O) groups is 1. The summed E-state index contributed by atoms with van der Waals surface area (Å²) in [5.74, 6) is 0.546. The average Bonchev–Trinajstić information content (AvgIpc) is 3.43. The summed E-state index contributed by atoms with van der Waals surface area (Å²) in [5, 5.41) is 3.18. The molecule has 2 atom stereocenters. The number of nitrogens with one attached hydrogen (secondary N) is 1. The summed E-state index contributed by atoms with van der Waals surface area (Å²) in [7, 11) is 0. The third-order valence-electron chi connectivity index (χ3n) is 7.61. The van der Waals surface area contributed by atoms with Gasteiger partial charge in [-0.3, -0.25) is 9.69 Å². The lowest BCUT2D eigenvalue weighted by molar-refractivity contribution is 0.0125. The van der Waals surface area contributed by atoms with Gasteiger partial charge in [-0.05, 0) is 80.7 Å². The minimum absolute atomic E-state index is 0.124. The highest BCUT2D eigenvalue weighted by Gasteiger charge is 2.23. The van der Waals surface area contributed by atoms with Crippen LogP contribution in [-0.4, -0.2) is 67.0 Å². The molecular weight excluding hydrogens is 454 g/mol. The fraction of sp³-hybridized carbons (Fsp3) is 0.586. The number of piperidine rings is 1. The third-order valence-corrected chi connectivity index (χ3v) is 7.61. The Bertz CT molecular complexity index is 998. The van der Waals surface area contributed by atoms with Crippen LogP contribution in [0.4, 0.5) is 0 Å². The maximum absolute atomic E-state index is 12.8. The smallest absolute Gasteiger partial charge is 0.270 e. The van der Waals surface area contributed by atoms with Crippen molar-refractivity contribution in [2.75, 3.05) is 32.9 Å². The summed E-state index contributed by atoms with van der Waals surface area (Å²) >= 11 is 0. The van der Waals surface area contributed by atoms with Crippen molar-refractivity contribution in [1.29, 1.82) is 0 Å². The summed E-state index contributed by atoms with van der Waals surface area (Å²) < 4.78 is 17.1. The number of carbonyl (C=O) groups excluding carboxylic acids is 1. The van der Waals surface area contributed by atoms with Crippen LogP contribution in [0, 0.1) is 0 Å². The first-order valence-electron chi connectivity index (χ1n) is 13.6. The van der Waals surface area contributed by atoms with Gasteiger partial charge in [0.1, 0.15) is 18.1 Å². The van der Waals surface area contributed by atoms with E-state index in [-0.39, 0.29) is 18.1 Å². The van der Waals surface area contributed by atoms with E-state index >= 15 is 0 Å². The van der Waals surface area contributed by atoms with Gasteiger partial charge in [-0.1, -0.05) is 18.2 Å². The van der Waals surface area contributed by atoms with Crippen LogP contribution in [0.5, 0.6) is 5.75 Å². The Morgan fingerprint density at radius 1 is 1.14 bits per heavy atom. The molecule has 0 spiro atoms. The van der Waals surface area contributed by atoms with E-state index in [9.17, 15) is 4.79 Å². The van der Waals surface area contributed by atoms with Crippen LogP contribution in [0.3, 0.4) is 0 Å². The molecule has 3 heterocycles. The fourth-order valence-electron chi connectivity index (χ4n) is 5.58. The van der Waals surface area contributed by atoms with Gasteiger partial charge >= 0.3 is 0 Å². The van der Waals surface area contributed by atoms with Crippen molar-refractivity contribution >= 4 is 5.91 Å². The molecular formula is C29H39N3O4. The van der Waals surface area contributed by atoms with Crippen LogP contribution in [-0.2, 0) is 28.9 Å². The van der Waals surface area contributed by atoms with Gasteiger partial charge in [-0.15, -0.1) is 0 Å². The second kappa shape index (κ2) is 12.2. The molecule has 1 amide bonds. The number of fused-ring (bicyclic) bond motifs is 1. The Morgan fingerprint density at radius 3 is 2.78 bits per heavy atom. The quantitative estimate of drug-likeness (QED) is 0.571. The van der Waals surface area contributed by atoms with Crippen LogP contribution in [0.2, 0.25) is 0 Å². The minimum atomic E-state index is -0.124. The lowest BCUT2D eigenvalue weighted by Gasteiger charge is -2.32. The van der Waals surface area contributed by atoms with Crippen molar-refractivity contribution < 1.29 is 19.0 Å². The van der Waals surface area contributed by atoms with E-state index in [1.165, 1.54) is 16.7 Å². The van der Waals surface area contributed by atoms with E-state index in [2.05, 4.69) is 40.3 Å². The summed E-state index contributed by atoms with van der Waals surface area (Å²) in [4.78, 5) is 19.7. The van der Waals surface area contributed by atoms with E-state index in [1.54, 1.807) is 12.3 Å². The highest BCUT2D eigenvalue weighted by Crippen LogP contribution is 2.25. The molecule has 0 radical (unpaired) electrons. The number of nitrogens with zero attached hydrogens (tertiary/aromatic N) is 2. The molecule has 36 heavy (non-hydrogen) atoms. The molecule has 2 aliphatic heterocycles. The van der Waals surface area contributed by atoms with Crippen LogP contribution < -0.4 is 10.1 Å². The van der Waals surface area contributed by atoms with E-state index in [0.717, 1.165) is 77.8 Å². The van der Waals surface area contributed by atoms with Crippen molar-refractivity contribution in [2.45, 2.75) is 76.7 Å². The van der Waals surface area contributed by atoms with Gasteiger partial charge in [0.15, 0.2) is 0 Å². The van der Waals surface area contributed by atoms with E-state index in [0.29, 0.717) is 24.2 Å². The van der Waals surface area contributed by atoms with Crippen molar-refractivity contribution in [1.82, 2.24) is 15.2 Å². The molecule has 0 saturated carbocycles. The standard InChI is InChI=1S/C29H39N3O4/c1-2-34-25-11-13-32(14-12-25)19-21-5-6-23-17-24(8-7-22(23)16-21)31-29(33)28-10-9-26(18-30-28)36-20-27-4-3-15-35-27/h5-6,9-10,16,18,24-25,27H,2-4,7-8,11-15,17,19-20H2,1H3,(H,31,33)/t24-,27-/m0/s1. The largest absolute Gasteiger partial charge is 0.489 e. The molecule has 194 valence electrons. The van der Waals surface area contributed by atoms with Gasteiger partial charge in [-0.2, -0.15) is 0 Å². The van der Waals surface area contributed by atoms with Gasteiger partial charge < -0.3 is 19.5 Å². The Morgan fingerprint density at radius 2 is 2.03 bits per heavy atom. The Kier molecular flexibility index (Phi) is 8.51. The van der Waals surface area contributed by atoms with Crippen molar-refractivity contribution in [3.05, 3.63) is 58.9 Å². The molecule has 2 saturated heterocycles. The number of hydrogen-bond acceptors (Lipinski definition) is 6. The molecule has 2 aromatic rings. The van der Waals surface area contributed by atoms with E-state index in [4.69, 9.17) is 14.2 Å². The highest BCUT2D eigenvalue weighted by atomic mass is 16.5. The van der Waals surface area contributed by atoms with Gasteiger partial charge in [-0.25, -0.2) is 4.98 Å². The maximum atomic E-state index is 12.8. The number of aryl methyl sites for hydroxylation is 1. The monoisotopic (exact) mass is 493 g/mol. The Labute approximate surface area is 214 Å². The van der Waals surface area contributed by atoms with Gasteiger partial charge in [0.2, 0.25) is 0 Å². The minimum Gasteiger partial charge on any atom is -0.489 e. The van der Waals surface area contributed by atoms with Gasteiger partial charge in [0, 0.05) is 38.9 Å². The first-order valence-corrected chi connectivity index (χ1v) is 13.6.